The first-order chi connectivity index (χ1) is 15.9. The quantitative estimate of drug-likeness (QED) is 0.262. The minimum absolute atomic E-state index is 0.0604. The molecule has 1 N–H and O–H groups in total. The summed E-state index contributed by atoms with van der Waals surface area (Å²) in [6.45, 7) is 7.14. The normalized spacial score (nSPS) is 15.8. The van der Waals surface area contributed by atoms with Gasteiger partial charge >= 0.3 is 18.3 Å². The maximum atomic E-state index is 12.5. The van der Waals surface area contributed by atoms with Gasteiger partial charge in [0.2, 0.25) is 0 Å². The average molecular weight is 478 g/mol. The fraction of sp³-hybridized carbons (Fsp3) is 0.409. The highest BCUT2D eigenvalue weighted by Gasteiger charge is 2.39. The molecule has 0 radical (unpaired) electrons. The summed E-state index contributed by atoms with van der Waals surface area (Å²) in [5, 5.41) is 14.6. The molecule has 0 aromatic heterocycles. The number of benzene rings is 1. The smallest absolute Gasteiger partial charge is 0.456 e. The van der Waals surface area contributed by atoms with Gasteiger partial charge in [-0.25, -0.2) is 9.59 Å². The Hall–Kier alpha value is -4.09. The summed E-state index contributed by atoms with van der Waals surface area (Å²) < 4.78 is 25.4. The molecular formula is C22H26N2O10. The lowest BCUT2D eigenvalue weighted by atomic mass is 9.89. The molecule has 12 heteroatoms. The highest BCUT2D eigenvalue weighted by molar-refractivity contribution is 5.67. The molecule has 1 aliphatic rings. The lowest BCUT2D eigenvalue weighted by molar-refractivity contribution is -0.385. The maximum absolute atomic E-state index is 12.5. The van der Waals surface area contributed by atoms with Crippen molar-refractivity contribution in [2.75, 3.05) is 13.7 Å². The van der Waals surface area contributed by atoms with Crippen LogP contribution in [0.25, 0.3) is 0 Å². The van der Waals surface area contributed by atoms with Crippen LogP contribution in [0.2, 0.25) is 0 Å². The van der Waals surface area contributed by atoms with E-state index in [0.29, 0.717) is 11.4 Å². The first kappa shape index (κ1) is 26.2. The number of carbonyl (C=O) groups excluding carboxylic acids is 3. The van der Waals surface area contributed by atoms with Crippen LogP contribution in [0.1, 0.15) is 46.1 Å². The number of allylic oxidation sites excluding steroid dienone is 2. The molecule has 0 fully saturated rings. The molecule has 0 aliphatic carbocycles. The van der Waals surface area contributed by atoms with E-state index in [2.05, 4.69) is 10.1 Å². The molecule has 34 heavy (non-hydrogen) atoms. The summed E-state index contributed by atoms with van der Waals surface area (Å²) in [5.74, 6) is -1.86. The van der Waals surface area contributed by atoms with Crippen LogP contribution in [0.4, 0.5) is 15.3 Å². The number of dihydropyridines is 1. The van der Waals surface area contributed by atoms with Crippen molar-refractivity contribution in [3.63, 3.8) is 0 Å². The monoisotopic (exact) mass is 478 g/mol. The minimum Gasteiger partial charge on any atom is -0.456 e. The third kappa shape index (κ3) is 6.47. The highest BCUT2D eigenvalue weighted by Crippen LogP contribution is 2.42. The van der Waals surface area contributed by atoms with E-state index in [-0.39, 0.29) is 29.4 Å². The highest BCUT2D eigenvalue weighted by atomic mass is 16.7. The van der Waals surface area contributed by atoms with Crippen molar-refractivity contribution in [2.45, 2.75) is 46.1 Å². The van der Waals surface area contributed by atoms with Crippen LogP contribution in [-0.4, -0.2) is 42.5 Å². The number of nitrogens with one attached hydrogen (secondary N) is 1. The van der Waals surface area contributed by atoms with Crippen molar-refractivity contribution in [1.82, 2.24) is 5.32 Å². The Labute approximate surface area is 195 Å². The fourth-order valence-corrected chi connectivity index (χ4v) is 3.31. The van der Waals surface area contributed by atoms with E-state index in [1.165, 1.54) is 25.1 Å². The Morgan fingerprint density at radius 3 is 2.15 bits per heavy atom. The van der Waals surface area contributed by atoms with Crippen molar-refractivity contribution in [2.24, 2.45) is 0 Å². The molecule has 2 rings (SSSR count). The molecule has 12 nitrogen and oxygen atoms in total. The number of nitro groups is 1. The molecule has 1 atom stereocenters. The zero-order valence-corrected chi connectivity index (χ0v) is 19.6. The van der Waals surface area contributed by atoms with Gasteiger partial charge in [-0.15, -0.1) is 0 Å². The zero-order valence-electron chi connectivity index (χ0n) is 19.6. The summed E-state index contributed by atoms with van der Waals surface area (Å²) in [6, 6.07) is 5.76. The Morgan fingerprint density at radius 2 is 1.62 bits per heavy atom. The predicted molar refractivity (Wildman–Crippen MR) is 116 cm³/mol. The fourth-order valence-electron chi connectivity index (χ4n) is 3.31. The van der Waals surface area contributed by atoms with Gasteiger partial charge in [-0.2, -0.15) is 0 Å². The first-order valence-electron chi connectivity index (χ1n) is 10.1. The van der Waals surface area contributed by atoms with Crippen molar-refractivity contribution < 1.29 is 43.0 Å². The number of rotatable bonds is 7. The molecule has 1 unspecified atom stereocenters. The Bertz CT molecular complexity index is 1060. The van der Waals surface area contributed by atoms with Gasteiger partial charge in [0.05, 0.1) is 23.4 Å². The second-order valence-electron chi connectivity index (χ2n) is 7.90. The maximum Gasteiger partial charge on any atom is 0.513 e. The Morgan fingerprint density at radius 1 is 1.06 bits per heavy atom. The number of nitro benzene ring substituents is 1. The van der Waals surface area contributed by atoms with Crippen molar-refractivity contribution in [1.29, 1.82) is 0 Å². The molecule has 0 saturated carbocycles. The van der Waals surface area contributed by atoms with Crippen LogP contribution in [0.15, 0.2) is 47.2 Å². The van der Waals surface area contributed by atoms with Gasteiger partial charge in [0.15, 0.2) is 0 Å². The van der Waals surface area contributed by atoms with Gasteiger partial charge in [-0.3, -0.25) is 14.9 Å². The van der Waals surface area contributed by atoms with Gasteiger partial charge in [-0.1, -0.05) is 18.2 Å². The summed E-state index contributed by atoms with van der Waals surface area (Å²) in [5.41, 5.74) is -0.621. The van der Waals surface area contributed by atoms with Crippen molar-refractivity contribution in [3.8, 4) is 0 Å². The number of hydrogen-bond donors (Lipinski definition) is 1. The molecule has 0 bridgehead atoms. The van der Waals surface area contributed by atoms with Gasteiger partial charge in [0, 0.05) is 18.6 Å². The van der Waals surface area contributed by atoms with Crippen LogP contribution in [0.5, 0.6) is 0 Å². The van der Waals surface area contributed by atoms with Gasteiger partial charge < -0.3 is 29.0 Å². The van der Waals surface area contributed by atoms with Crippen LogP contribution in [0.3, 0.4) is 0 Å². The van der Waals surface area contributed by atoms with Crippen LogP contribution in [-0.2, 0) is 28.5 Å². The number of ether oxygens (including phenoxy) is 5. The first-order valence-corrected chi connectivity index (χ1v) is 10.1. The van der Waals surface area contributed by atoms with E-state index in [1.807, 2.05) is 0 Å². The second kappa shape index (κ2) is 10.7. The lowest BCUT2D eigenvalue weighted by Crippen LogP contribution is -2.34. The Balaban J connectivity index is 2.45. The van der Waals surface area contributed by atoms with Crippen LogP contribution < -0.4 is 5.32 Å². The van der Waals surface area contributed by atoms with Gasteiger partial charge in [-0.05, 0) is 27.7 Å². The second-order valence-corrected chi connectivity index (χ2v) is 7.90. The summed E-state index contributed by atoms with van der Waals surface area (Å²) >= 11 is 0. The zero-order chi connectivity index (χ0) is 25.6. The number of carbonyl (C=O) groups is 3. The standard InChI is InChI=1S/C22H26N2O10/c1-12-18(32-20(26)30-6)17(15-9-7-8-10-16(15)24(28)29)19(13(2)23-12)33-21(27)31-11-22(4,5)34-14(3)25/h7-10,17,23H,11H2,1-6H3. The number of esters is 1. The van der Waals surface area contributed by atoms with E-state index in [4.69, 9.17) is 18.9 Å². The summed E-state index contributed by atoms with van der Waals surface area (Å²) in [4.78, 5) is 46.7. The molecular weight excluding hydrogens is 452 g/mol. The average Bonchev–Trinajstić information content (AvgIpc) is 2.74. The third-order valence-electron chi connectivity index (χ3n) is 4.59. The minimum atomic E-state index is -1.16. The van der Waals surface area contributed by atoms with E-state index in [1.54, 1.807) is 33.8 Å². The van der Waals surface area contributed by atoms with Crippen molar-refractivity contribution in [3.05, 3.63) is 62.9 Å². The molecule has 184 valence electrons. The largest absolute Gasteiger partial charge is 0.513 e. The van der Waals surface area contributed by atoms with Gasteiger partial charge in [0.1, 0.15) is 29.6 Å². The molecule has 0 saturated heterocycles. The number of hydrogen-bond acceptors (Lipinski definition) is 11. The van der Waals surface area contributed by atoms with Crippen LogP contribution in [0, 0.1) is 10.1 Å². The third-order valence-corrected chi connectivity index (χ3v) is 4.59. The SMILES string of the molecule is COC(=O)OC1=C(C)NC(C)=C(OC(=O)OCC(C)(C)OC(C)=O)C1c1ccccc1[N+](=O)[O-]. The summed E-state index contributed by atoms with van der Waals surface area (Å²) in [7, 11) is 1.11. The summed E-state index contributed by atoms with van der Waals surface area (Å²) in [6.07, 6.45) is -2.22. The van der Waals surface area contributed by atoms with E-state index >= 15 is 0 Å². The molecule has 0 spiro atoms. The molecule has 1 heterocycles. The van der Waals surface area contributed by atoms with E-state index in [9.17, 15) is 24.5 Å². The topological polar surface area (TPSA) is 153 Å². The van der Waals surface area contributed by atoms with E-state index in [0.717, 1.165) is 7.11 Å². The van der Waals surface area contributed by atoms with Crippen molar-refractivity contribution >= 4 is 24.0 Å². The molecule has 1 aromatic carbocycles. The molecule has 1 aliphatic heterocycles. The van der Waals surface area contributed by atoms with Gasteiger partial charge in [0.25, 0.3) is 5.69 Å². The predicted octanol–water partition coefficient (Wildman–Crippen LogP) is 4.02. The van der Waals surface area contributed by atoms with E-state index < -0.39 is 34.7 Å². The van der Waals surface area contributed by atoms with Crippen LogP contribution >= 0.6 is 0 Å². The lowest BCUT2D eigenvalue weighted by Gasteiger charge is -2.30. The molecule has 0 amide bonds. The number of para-hydroxylation sites is 1. The number of methoxy groups -OCH3 is 1. The molecule has 1 aromatic rings. The number of nitrogens with zero attached hydrogens (tertiary/aromatic N) is 1. The Kier molecular flexibility index (Phi) is 8.22.